The summed E-state index contributed by atoms with van der Waals surface area (Å²) in [5.74, 6) is 0.876. The molecule has 0 spiro atoms. The SMILES string of the molecule is c1ccc(C2=NC(c3ccccc3)NC(c3ccc(-n4c5ccccc5c5cc6c7ccccc7n(-c7ccccc7)c6cc54)c4ccccc34)N2)cc1. The molecule has 2 unspecified atom stereocenters. The van der Waals surface area contributed by atoms with Crippen LogP contribution in [-0.4, -0.2) is 15.0 Å². The van der Waals surface area contributed by atoms with E-state index in [0.717, 1.165) is 28.3 Å². The van der Waals surface area contributed by atoms with Gasteiger partial charge in [-0.05, 0) is 59.0 Å². The molecule has 5 nitrogen and oxygen atoms in total. The molecule has 0 amide bonds. The number of benzene rings is 8. The average Bonchev–Trinajstić information content (AvgIpc) is 3.75. The van der Waals surface area contributed by atoms with E-state index in [2.05, 4.69) is 202 Å². The van der Waals surface area contributed by atoms with Gasteiger partial charge in [-0.25, -0.2) is 4.99 Å². The Hall–Kier alpha value is -6.95. The molecule has 2 aromatic heterocycles. The summed E-state index contributed by atoms with van der Waals surface area (Å²) in [5.41, 5.74) is 10.4. The number of hydrogen-bond acceptors (Lipinski definition) is 3. The maximum atomic E-state index is 5.16. The first-order valence-corrected chi connectivity index (χ1v) is 18.5. The lowest BCUT2D eigenvalue weighted by Crippen LogP contribution is -2.45. The van der Waals surface area contributed by atoms with Crippen LogP contribution in [0.2, 0.25) is 0 Å². The van der Waals surface area contributed by atoms with Gasteiger partial charge in [0.05, 0.1) is 27.8 Å². The molecule has 256 valence electrons. The maximum Gasteiger partial charge on any atom is 0.131 e. The lowest BCUT2D eigenvalue weighted by atomic mass is 9.99. The number of para-hydroxylation sites is 3. The van der Waals surface area contributed by atoms with Gasteiger partial charge in [0.1, 0.15) is 18.2 Å². The fourth-order valence-electron chi connectivity index (χ4n) is 8.57. The Kier molecular flexibility index (Phi) is 7.00. The highest BCUT2D eigenvalue weighted by atomic mass is 15.3. The van der Waals surface area contributed by atoms with E-state index in [9.17, 15) is 0 Å². The van der Waals surface area contributed by atoms with E-state index in [-0.39, 0.29) is 12.3 Å². The van der Waals surface area contributed by atoms with Crippen LogP contribution in [0.5, 0.6) is 0 Å². The third-order valence-corrected chi connectivity index (χ3v) is 11.0. The highest BCUT2D eigenvalue weighted by Gasteiger charge is 2.27. The first-order valence-electron chi connectivity index (χ1n) is 18.5. The Morgan fingerprint density at radius 1 is 0.426 bits per heavy atom. The van der Waals surface area contributed by atoms with Crippen LogP contribution in [0.1, 0.15) is 29.0 Å². The lowest BCUT2D eigenvalue weighted by Gasteiger charge is -2.33. The van der Waals surface area contributed by atoms with Crippen molar-refractivity contribution in [2.75, 3.05) is 0 Å². The second-order valence-corrected chi connectivity index (χ2v) is 14.0. The molecule has 0 saturated heterocycles. The van der Waals surface area contributed by atoms with E-state index in [1.165, 1.54) is 59.9 Å². The smallest absolute Gasteiger partial charge is 0.131 e. The summed E-state index contributed by atoms with van der Waals surface area (Å²) >= 11 is 0. The summed E-state index contributed by atoms with van der Waals surface area (Å²) in [5, 5.41) is 15.0. The molecule has 11 rings (SSSR count). The van der Waals surface area contributed by atoms with Gasteiger partial charge in [0.15, 0.2) is 0 Å². The highest BCUT2D eigenvalue weighted by Crippen LogP contribution is 2.41. The zero-order chi connectivity index (χ0) is 35.6. The normalized spacial score (nSPS) is 16.0. The Bertz CT molecular complexity index is 3050. The number of nitrogens with zero attached hydrogens (tertiary/aromatic N) is 3. The molecular formula is C49H35N5. The molecule has 0 aliphatic carbocycles. The molecule has 0 fully saturated rings. The summed E-state index contributed by atoms with van der Waals surface area (Å²) in [4.78, 5) is 5.16. The second kappa shape index (κ2) is 12.3. The molecule has 1 aliphatic heterocycles. The maximum absolute atomic E-state index is 5.16. The van der Waals surface area contributed by atoms with Gasteiger partial charge in [0, 0.05) is 38.2 Å². The largest absolute Gasteiger partial charge is 0.350 e. The quantitative estimate of drug-likeness (QED) is 0.188. The number of hydrogen-bond donors (Lipinski definition) is 2. The van der Waals surface area contributed by atoms with Crippen molar-refractivity contribution >= 4 is 60.2 Å². The second-order valence-electron chi connectivity index (χ2n) is 14.0. The van der Waals surface area contributed by atoms with E-state index in [1.807, 2.05) is 6.07 Å². The lowest BCUT2D eigenvalue weighted by molar-refractivity contribution is 0.411. The van der Waals surface area contributed by atoms with Gasteiger partial charge in [-0.15, -0.1) is 0 Å². The Balaban J connectivity index is 1.13. The fraction of sp³-hybridized carbons (Fsp3) is 0.0408. The number of aliphatic imine (C=N–C) groups is 1. The molecule has 2 atom stereocenters. The zero-order valence-corrected chi connectivity index (χ0v) is 29.4. The average molecular weight is 694 g/mol. The van der Waals surface area contributed by atoms with Crippen LogP contribution in [0.3, 0.4) is 0 Å². The molecule has 54 heavy (non-hydrogen) atoms. The van der Waals surface area contributed by atoms with Gasteiger partial charge in [0.2, 0.25) is 0 Å². The van der Waals surface area contributed by atoms with Crippen LogP contribution in [0.25, 0.3) is 65.8 Å². The van der Waals surface area contributed by atoms with E-state index in [1.54, 1.807) is 0 Å². The number of rotatable bonds is 5. The van der Waals surface area contributed by atoms with Crippen LogP contribution in [0.15, 0.2) is 193 Å². The minimum absolute atomic E-state index is 0.179. The van der Waals surface area contributed by atoms with Crippen molar-refractivity contribution in [2.24, 2.45) is 4.99 Å². The van der Waals surface area contributed by atoms with Gasteiger partial charge in [-0.1, -0.05) is 146 Å². The Labute approximate surface area is 312 Å². The van der Waals surface area contributed by atoms with Crippen molar-refractivity contribution in [1.82, 2.24) is 19.8 Å². The molecule has 1 aliphatic rings. The van der Waals surface area contributed by atoms with Crippen molar-refractivity contribution in [1.29, 1.82) is 0 Å². The predicted molar refractivity (Wildman–Crippen MR) is 224 cm³/mol. The molecule has 2 N–H and O–H groups in total. The monoisotopic (exact) mass is 693 g/mol. The van der Waals surface area contributed by atoms with E-state index < -0.39 is 0 Å². The predicted octanol–water partition coefficient (Wildman–Crippen LogP) is 11.4. The van der Waals surface area contributed by atoms with Crippen molar-refractivity contribution in [3.63, 3.8) is 0 Å². The Morgan fingerprint density at radius 2 is 0.981 bits per heavy atom. The third kappa shape index (κ3) is 4.79. The van der Waals surface area contributed by atoms with Crippen LogP contribution in [-0.2, 0) is 0 Å². The van der Waals surface area contributed by atoms with E-state index >= 15 is 0 Å². The van der Waals surface area contributed by atoms with Crippen molar-refractivity contribution < 1.29 is 0 Å². The summed E-state index contributed by atoms with van der Waals surface area (Å²) in [6, 6.07) is 67.4. The van der Waals surface area contributed by atoms with Gasteiger partial charge >= 0.3 is 0 Å². The minimum Gasteiger partial charge on any atom is -0.350 e. The fourth-order valence-corrected chi connectivity index (χ4v) is 8.57. The first-order chi connectivity index (χ1) is 26.8. The third-order valence-electron chi connectivity index (χ3n) is 11.0. The highest BCUT2D eigenvalue weighted by molar-refractivity contribution is 6.19. The van der Waals surface area contributed by atoms with E-state index in [4.69, 9.17) is 4.99 Å². The standard InChI is InChI=1S/C49H35N5/c1-4-16-32(17-5-1)47-50-48(33-18-6-2-7-19-33)52-49(51-47)39-28-29-44(36-23-11-10-22-35(36)39)54-43-27-15-13-25-38(43)41-30-40-37-24-12-14-26-42(37)53(45(40)31-46(41)54)34-20-8-3-9-21-34/h1-31,47,49,51H,(H,50,52). The van der Waals surface area contributed by atoms with Crippen LogP contribution < -0.4 is 10.6 Å². The number of amidine groups is 1. The minimum atomic E-state index is -0.206. The van der Waals surface area contributed by atoms with Gasteiger partial charge < -0.3 is 14.5 Å². The zero-order valence-electron chi connectivity index (χ0n) is 29.4. The van der Waals surface area contributed by atoms with Gasteiger partial charge in [0.25, 0.3) is 0 Å². The molecule has 0 bridgehead atoms. The van der Waals surface area contributed by atoms with Crippen LogP contribution >= 0.6 is 0 Å². The molecule has 10 aromatic rings. The topological polar surface area (TPSA) is 46.3 Å². The van der Waals surface area contributed by atoms with E-state index in [0.29, 0.717) is 0 Å². The molecule has 3 heterocycles. The summed E-state index contributed by atoms with van der Waals surface area (Å²) in [7, 11) is 0. The molecule has 5 heteroatoms. The molecule has 8 aromatic carbocycles. The Morgan fingerprint density at radius 3 is 1.69 bits per heavy atom. The summed E-state index contributed by atoms with van der Waals surface area (Å²) < 4.78 is 4.87. The van der Waals surface area contributed by atoms with Crippen molar-refractivity contribution in [2.45, 2.75) is 12.3 Å². The van der Waals surface area contributed by atoms with Gasteiger partial charge in [-0.3, -0.25) is 5.32 Å². The molecule has 0 radical (unpaired) electrons. The molecular weight excluding hydrogens is 659 g/mol. The molecule has 0 saturated carbocycles. The van der Waals surface area contributed by atoms with Crippen LogP contribution in [0.4, 0.5) is 0 Å². The van der Waals surface area contributed by atoms with Crippen LogP contribution in [0, 0.1) is 0 Å². The number of fused-ring (bicyclic) bond motifs is 7. The van der Waals surface area contributed by atoms with Crippen molar-refractivity contribution in [3.8, 4) is 11.4 Å². The first kappa shape index (κ1) is 30.7. The van der Waals surface area contributed by atoms with Gasteiger partial charge in [-0.2, -0.15) is 0 Å². The number of nitrogens with one attached hydrogen (secondary N) is 2. The summed E-state index contributed by atoms with van der Waals surface area (Å²) in [6.45, 7) is 0. The van der Waals surface area contributed by atoms with Crippen molar-refractivity contribution in [3.05, 3.63) is 205 Å². The number of aromatic nitrogens is 2. The summed E-state index contributed by atoms with van der Waals surface area (Å²) in [6.07, 6.45) is -0.386.